The second-order valence-electron chi connectivity index (χ2n) is 7.45. The summed E-state index contributed by atoms with van der Waals surface area (Å²) in [6.45, 7) is 7.64. The van der Waals surface area contributed by atoms with Gasteiger partial charge in [-0.2, -0.15) is 0 Å². The van der Waals surface area contributed by atoms with Gasteiger partial charge in [-0.3, -0.25) is 0 Å². The van der Waals surface area contributed by atoms with Crippen molar-refractivity contribution in [3.8, 4) is 17.2 Å². The zero-order valence-electron chi connectivity index (χ0n) is 19.0. The quantitative estimate of drug-likeness (QED) is 0.276. The zero-order valence-corrected chi connectivity index (χ0v) is 21.4. The van der Waals surface area contributed by atoms with Crippen LogP contribution in [0.4, 0.5) is 4.39 Å². The van der Waals surface area contributed by atoms with Gasteiger partial charge >= 0.3 is 0 Å². The number of methoxy groups -OCH3 is 3. The first-order valence-corrected chi connectivity index (χ1v) is 9.92. The van der Waals surface area contributed by atoms with Gasteiger partial charge in [0.2, 0.25) is 5.75 Å². The molecule has 2 rings (SSSR count). The summed E-state index contributed by atoms with van der Waals surface area (Å²) in [5.74, 6) is 2.16. The summed E-state index contributed by atoms with van der Waals surface area (Å²) in [4.78, 5) is 4.66. The van der Waals surface area contributed by atoms with E-state index in [1.54, 1.807) is 27.4 Å². The molecule has 0 aliphatic rings. The molecule has 0 aliphatic heterocycles. The molecule has 2 aromatic rings. The van der Waals surface area contributed by atoms with Crippen LogP contribution in [-0.4, -0.2) is 40.4 Å². The van der Waals surface area contributed by atoms with Crippen LogP contribution in [0.15, 0.2) is 41.4 Å². The maximum absolute atomic E-state index is 14.2. The van der Waals surface area contributed by atoms with Crippen LogP contribution in [0.1, 0.15) is 31.9 Å². The second-order valence-corrected chi connectivity index (χ2v) is 7.45. The lowest BCUT2D eigenvalue weighted by atomic mass is 9.84. The SMILES string of the molecule is CCNC(=NCc1cc(OC)c(OC)c(OC)c1)NCC(C)(C)c1ccccc1F.I. The van der Waals surface area contributed by atoms with Crippen LogP contribution in [0, 0.1) is 5.82 Å². The molecule has 0 atom stereocenters. The van der Waals surface area contributed by atoms with Crippen LogP contribution in [0.2, 0.25) is 0 Å². The minimum atomic E-state index is -0.409. The Kier molecular flexibility index (Phi) is 10.9. The smallest absolute Gasteiger partial charge is 0.203 e. The standard InChI is InChI=1S/C23H32FN3O3.HI/c1-7-25-22(27-15-23(2,3)17-10-8-9-11-18(17)24)26-14-16-12-19(28-4)21(30-6)20(13-16)29-5;/h8-13H,7,14-15H2,1-6H3,(H2,25,26,27);1H. The molecule has 0 amide bonds. The number of guanidine groups is 1. The Morgan fingerprint density at radius 2 is 1.61 bits per heavy atom. The molecule has 0 saturated heterocycles. The monoisotopic (exact) mass is 545 g/mol. The van der Waals surface area contributed by atoms with Crippen molar-refractivity contribution < 1.29 is 18.6 Å². The van der Waals surface area contributed by atoms with E-state index >= 15 is 0 Å². The van der Waals surface area contributed by atoms with Crippen LogP contribution >= 0.6 is 24.0 Å². The Balaban J connectivity index is 0.00000480. The first-order valence-electron chi connectivity index (χ1n) is 9.92. The molecule has 31 heavy (non-hydrogen) atoms. The fourth-order valence-electron chi connectivity index (χ4n) is 3.15. The van der Waals surface area contributed by atoms with Crippen molar-refractivity contribution in [1.82, 2.24) is 10.6 Å². The highest BCUT2D eigenvalue weighted by molar-refractivity contribution is 14.0. The van der Waals surface area contributed by atoms with Gasteiger partial charge in [0.1, 0.15) is 5.82 Å². The third-order valence-electron chi connectivity index (χ3n) is 4.79. The predicted octanol–water partition coefficient (Wildman–Crippen LogP) is 4.50. The van der Waals surface area contributed by atoms with Crippen molar-refractivity contribution in [1.29, 1.82) is 0 Å². The normalized spacial score (nSPS) is 11.4. The molecular formula is C23H33FIN3O3. The van der Waals surface area contributed by atoms with Crippen molar-refractivity contribution >= 4 is 29.9 Å². The molecule has 0 aliphatic carbocycles. The summed E-state index contributed by atoms with van der Waals surface area (Å²) < 4.78 is 30.4. The van der Waals surface area contributed by atoms with Gasteiger partial charge in [-0.05, 0) is 36.2 Å². The molecule has 172 valence electrons. The lowest BCUT2D eigenvalue weighted by molar-refractivity contribution is 0.324. The zero-order chi connectivity index (χ0) is 22.1. The fourth-order valence-corrected chi connectivity index (χ4v) is 3.15. The van der Waals surface area contributed by atoms with E-state index in [1.807, 2.05) is 45.0 Å². The third-order valence-corrected chi connectivity index (χ3v) is 4.79. The Hall–Kier alpha value is -2.23. The summed E-state index contributed by atoms with van der Waals surface area (Å²) >= 11 is 0. The highest BCUT2D eigenvalue weighted by Gasteiger charge is 2.24. The van der Waals surface area contributed by atoms with Gasteiger partial charge in [0, 0.05) is 18.5 Å². The fraction of sp³-hybridized carbons (Fsp3) is 0.435. The number of halogens is 2. The summed E-state index contributed by atoms with van der Waals surface area (Å²) in [6.07, 6.45) is 0. The maximum atomic E-state index is 14.2. The summed E-state index contributed by atoms with van der Waals surface area (Å²) in [5.41, 5.74) is 1.17. The van der Waals surface area contributed by atoms with E-state index in [0.29, 0.717) is 48.4 Å². The number of hydrogen-bond donors (Lipinski definition) is 2. The molecule has 0 aromatic heterocycles. The van der Waals surface area contributed by atoms with E-state index in [0.717, 1.165) is 5.56 Å². The number of nitrogens with zero attached hydrogens (tertiary/aromatic N) is 1. The van der Waals surface area contributed by atoms with Crippen LogP contribution in [0.5, 0.6) is 17.2 Å². The molecule has 0 fully saturated rings. The van der Waals surface area contributed by atoms with Gasteiger partial charge in [-0.1, -0.05) is 32.0 Å². The van der Waals surface area contributed by atoms with E-state index in [9.17, 15) is 4.39 Å². The lowest BCUT2D eigenvalue weighted by Gasteiger charge is -2.27. The first kappa shape index (κ1) is 26.8. The highest BCUT2D eigenvalue weighted by Crippen LogP contribution is 2.38. The minimum Gasteiger partial charge on any atom is -0.493 e. The molecule has 0 saturated carbocycles. The lowest BCUT2D eigenvalue weighted by Crippen LogP contribution is -2.43. The van der Waals surface area contributed by atoms with Gasteiger partial charge in [0.25, 0.3) is 0 Å². The molecule has 0 heterocycles. The van der Waals surface area contributed by atoms with Crippen LogP contribution in [0.25, 0.3) is 0 Å². The molecule has 6 nitrogen and oxygen atoms in total. The average molecular weight is 545 g/mol. The van der Waals surface area contributed by atoms with Crippen LogP contribution in [-0.2, 0) is 12.0 Å². The van der Waals surface area contributed by atoms with Crippen molar-refractivity contribution in [2.75, 3.05) is 34.4 Å². The predicted molar refractivity (Wildman–Crippen MR) is 134 cm³/mol. The molecule has 2 aromatic carbocycles. The second kappa shape index (κ2) is 12.6. The molecule has 0 bridgehead atoms. The molecule has 0 unspecified atom stereocenters. The summed E-state index contributed by atoms with van der Waals surface area (Å²) in [5, 5.41) is 6.55. The van der Waals surface area contributed by atoms with Crippen LogP contribution in [0.3, 0.4) is 0 Å². The Morgan fingerprint density at radius 1 is 1.00 bits per heavy atom. The van der Waals surface area contributed by atoms with Gasteiger partial charge in [0.05, 0.1) is 27.9 Å². The van der Waals surface area contributed by atoms with E-state index < -0.39 is 5.41 Å². The Bertz CT molecular complexity index is 850. The van der Waals surface area contributed by atoms with Crippen molar-refractivity contribution in [2.45, 2.75) is 32.7 Å². The van der Waals surface area contributed by atoms with Gasteiger partial charge in [-0.15, -0.1) is 24.0 Å². The van der Waals surface area contributed by atoms with E-state index in [1.165, 1.54) is 6.07 Å². The topological polar surface area (TPSA) is 64.1 Å². The number of hydrogen-bond acceptors (Lipinski definition) is 4. The third kappa shape index (κ3) is 7.15. The molecule has 8 heteroatoms. The average Bonchev–Trinajstić information content (AvgIpc) is 2.74. The summed E-state index contributed by atoms with van der Waals surface area (Å²) in [7, 11) is 4.74. The molecule has 0 radical (unpaired) electrons. The number of rotatable bonds is 9. The molecule has 2 N–H and O–H groups in total. The van der Waals surface area contributed by atoms with E-state index in [2.05, 4.69) is 15.6 Å². The maximum Gasteiger partial charge on any atom is 0.203 e. The van der Waals surface area contributed by atoms with Gasteiger partial charge < -0.3 is 24.8 Å². The first-order chi connectivity index (χ1) is 14.4. The largest absolute Gasteiger partial charge is 0.493 e. The summed E-state index contributed by atoms with van der Waals surface area (Å²) in [6, 6.07) is 10.6. The number of ether oxygens (including phenoxy) is 3. The van der Waals surface area contributed by atoms with Crippen molar-refractivity contribution in [2.24, 2.45) is 4.99 Å². The van der Waals surface area contributed by atoms with Gasteiger partial charge in [-0.25, -0.2) is 9.38 Å². The Labute approximate surface area is 201 Å². The minimum absolute atomic E-state index is 0. The van der Waals surface area contributed by atoms with E-state index in [-0.39, 0.29) is 29.8 Å². The number of benzene rings is 2. The number of aliphatic imine (C=N–C) groups is 1. The van der Waals surface area contributed by atoms with Crippen molar-refractivity contribution in [3.63, 3.8) is 0 Å². The number of nitrogens with one attached hydrogen (secondary N) is 2. The van der Waals surface area contributed by atoms with Gasteiger partial charge in [0.15, 0.2) is 17.5 Å². The highest BCUT2D eigenvalue weighted by atomic mass is 127. The molecular weight excluding hydrogens is 512 g/mol. The van der Waals surface area contributed by atoms with E-state index in [4.69, 9.17) is 14.2 Å². The Morgan fingerprint density at radius 3 is 2.13 bits per heavy atom. The molecule has 0 spiro atoms. The van der Waals surface area contributed by atoms with Crippen LogP contribution < -0.4 is 24.8 Å². The van der Waals surface area contributed by atoms with Crippen molar-refractivity contribution in [3.05, 3.63) is 53.3 Å².